The number of carbonyl (C=O) groups excluding carboxylic acids is 1. The average Bonchev–Trinajstić information content (AvgIpc) is 3.19. The van der Waals surface area contributed by atoms with Gasteiger partial charge < -0.3 is 34.0 Å². The summed E-state index contributed by atoms with van der Waals surface area (Å²) in [6, 6.07) is 13.3. The molecule has 1 saturated carbocycles. The molecule has 0 spiro atoms. The van der Waals surface area contributed by atoms with Gasteiger partial charge in [0.1, 0.15) is 36.5 Å². The van der Waals surface area contributed by atoms with Crippen molar-refractivity contribution in [3.05, 3.63) is 72.3 Å². The molecular weight excluding hydrogens is 728 g/mol. The number of ether oxygens (including phenoxy) is 4. The first-order valence-corrected chi connectivity index (χ1v) is 21.2. The fourth-order valence-corrected chi connectivity index (χ4v) is 8.94. The van der Waals surface area contributed by atoms with Gasteiger partial charge in [-0.05, 0) is 105 Å². The number of benzene rings is 2. The SMILES string of the molecule is C=CCOC12Oc3ccc(Oc4ccc(SC)cc4)cc3C3C(CCCCO)C(CCCCO)C=C(C(=NOCC)CC1N(CCC)C(=O)OCCCl)C32. The molecule has 2 aromatic carbocycles. The van der Waals surface area contributed by atoms with E-state index in [4.69, 9.17) is 40.5 Å². The van der Waals surface area contributed by atoms with Crippen LogP contribution >= 0.6 is 23.4 Å². The number of aliphatic hydroxyl groups excluding tert-OH is 2. The molecule has 2 aliphatic carbocycles. The van der Waals surface area contributed by atoms with Crippen molar-refractivity contribution in [1.29, 1.82) is 0 Å². The van der Waals surface area contributed by atoms with E-state index in [0.29, 0.717) is 50.3 Å². The Bertz CT molecular complexity index is 1590. The normalized spacial score (nSPS) is 24.8. The van der Waals surface area contributed by atoms with Gasteiger partial charge in [-0.1, -0.05) is 37.1 Å². The minimum atomic E-state index is -1.35. The highest BCUT2D eigenvalue weighted by Crippen LogP contribution is 2.62. The molecule has 10 nitrogen and oxygen atoms in total. The van der Waals surface area contributed by atoms with Gasteiger partial charge in [-0.15, -0.1) is 29.9 Å². The molecule has 1 heterocycles. The molecule has 3 aliphatic rings. The second kappa shape index (κ2) is 20.6. The Labute approximate surface area is 329 Å². The lowest BCUT2D eigenvalue weighted by atomic mass is 9.55. The molecule has 1 amide bonds. The Morgan fingerprint density at radius 1 is 1.09 bits per heavy atom. The van der Waals surface area contributed by atoms with Crippen LogP contribution < -0.4 is 9.47 Å². The van der Waals surface area contributed by atoms with Gasteiger partial charge in [0.15, 0.2) is 0 Å². The standard InChI is InChI=1S/C42H57ClN2O8S/c1-5-21-45(41(48)49-25-20-43)38-28-36(44-51-7-3)34-26-29(12-8-10-22-46)33(13-9-11-23-47)39-35-27-31(52-30-14-17-32(54-4)18-15-30)16-19-37(35)53-42(38,40(34)39)50-24-6-2/h6,14-19,26-27,29,33,38-40,46-47H,2,5,7-13,20-25,28H2,1,3-4H3. The predicted molar refractivity (Wildman–Crippen MR) is 214 cm³/mol. The first-order valence-electron chi connectivity index (χ1n) is 19.4. The molecule has 0 saturated heterocycles. The highest BCUT2D eigenvalue weighted by molar-refractivity contribution is 7.98. The number of unbranched alkanes of at least 4 members (excludes halogenated alkanes) is 2. The zero-order valence-corrected chi connectivity index (χ0v) is 33.5. The van der Waals surface area contributed by atoms with Crippen LogP contribution in [0.1, 0.15) is 76.7 Å². The van der Waals surface area contributed by atoms with Gasteiger partial charge in [-0.25, -0.2) is 4.79 Å². The van der Waals surface area contributed by atoms with Crippen LogP contribution in [0.3, 0.4) is 0 Å². The maximum Gasteiger partial charge on any atom is 0.410 e. The number of aliphatic hydroxyl groups is 2. The molecule has 12 heteroatoms. The van der Waals surface area contributed by atoms with Gasteiger partial charge >= 0.3 is 6.09 Å². The van der Waals surface area contributed by atoms with Crippen LogP contribution in [0, 0.1) is 17.8 Å². The largest absolute Gasteiger partial charge is 0.459 e. The number of thioether (sulfide) groups is 1. The van der Waals surface area contributed by atoms with Crippen molar-refractivity contribution in [2.24, 2.45) is 22.9 Å². The lowest BCUT2D eigenvalue weighted by Crippen LogP contribution is -2.70. The van der Waals surface area contributed by atoms with Gasteiger partial charge in [0.25, 0.3) is 0 Å². The number of rotatable bonds is 21. The Morgan fingerprint density at radius 3 is 2.50 bits per heavy atom. The molecule has 1 aliphatic heterocycles. The molecule has 2 N–H and O–H groups in total. The van der Waals surface area contributed by atoms with Crippen molar-refractivity contribution in [3.63, 3.8) is 0 Å². The molecule has 54 heavy (non-hydrogen) atoms. The smallest absolute Gasteiger partial charge is 0.410 e. The molecule has 296 valence electrons. The maximum atomic E-state index is 14.0. The molecule has 2 aromatic rings. The number of fused-ring (bicyclic) bond motifs is 2. The Kier molecular flexibility index (Phi) is 16.0. The lowest BCUT2D eigenvalue weighted by Gasteiger charge is -2.59. The lowest BCUT2D eigenvalue weighted by molar-refractivity contribution is -0.255. The van der Waals surface area contributed by atoms with Crippen molar-refractivity contribution in [2.75, 3.05) is 51.7 Å². The highest BCUT2D eigenvalue weighted by atomic mass is 35.5. The van der Waals surface area contributed by atoms with E-state index in [1.807, 2.05) is 56.5 Å². The van der Waals surface area contributed by atoms with E-state index in [9.17, 15) is 15.0 Å². The summed E-state index contributed by atoms with van der Waals surface area (Å²) in [6.07, 6.45) is 11.3. The Hall–Kier alpha value is -3.22. The van der Waals surface area contributed by atoms with Gasteiger partial charge in [-0.3, -0.25) is 4.90 Å². The number of carbonyl (C=O) groups is 1. The van der Waals surface area contributed by atoms with E-state index < -0.39 is 23.8 Å². The van der Waals surface area contributed by atoms with Crippen molar-refractivity contribution >= 4 is 35.2 Å². The highest BCUT2D eigenvalue weighted by Gasteiger charge is 2.65. The number of alkyl halides is 1. The summed E-state index contributed by atoms with van der Waals surface area (Å²) in [5.74, 6) is 0.561. The van der Waals surface area contributed by atoms with E-state index in [1.165, 1.54) is 0 Å². The van der Waals surface area contributed by atoms with Crippen LogP contribution in [0.5, 0.6) is 17.2 Å². The number of allylic oxidation sites excluding steroid dienone is 1. The van der Waals surface area contributed by atoms with Crippen LogP contribution in [-0.4, -0.2) is 90.5 Å². The molecule has 6 unspecified atom stereocenters. The zero-order valence-electron chi connectivity index (χ0n) is 31.9. The molecular formula is C42H57ClN2O8S. The topological polar surface area (TPSA) is 119 Å². The number of halogens is 1. The van der Waals surface area contributed by atoms with Gasteiger partial charge in [0.2, 0.25) is 5.79 Å². The van der Waals surface area contributed by atoms with E-state index >= 15 is 0 Å². The number of hydrogen-bond donors (Lipinski definition) is 2. The number of nitrogens with zero attached hydrogens (tertiary/aromatic N) is 2. The number of oxime groups is 1. The minimum Gasteiger partial charge on any atom is -0.459 e. The Balaban J connectivity index is 1.75. The first-order chi connectivity index (χ1) is 26.4. The Morgan fingerprint density at radius 2 is 1.83 bits per heavy atom. The van der Waals surface area contributed by atoms with E-state index in [1.54, 1.807) is 22.7 Å². The third-order valence-corrected chi connectivity index (χ3v) is 11.5. The van der Waals surface area contributed by atoms with Gasteiger partial charge in [-0.2, -0.15) is 0 Å². The van der Waals surface area contributed by atoms with Crippen LogP contribution in [0.25, 0.3) is 0 Å². The summed E-state index contributed by atoms with van der Waals surface area (Å²) in [7, 11) is 0. The monoisotopic (exact) mass is 784 g/mol. The summed E-state index contributed by atoms with van der Waals surface area (Å²) in [4.78, 5) is 22.6. The second-order valence-electron chi connectivity index (χ2n) is 14.0. The van der Waals surface area contributed by atoms with Gasteiger partial charge in [0, 0.05) is 42.6 Å². The summed E-state index contributed by atoms with van der Waals surface area (Å²) >= 11 is 7.66. The van der Waals surface area contributed by atoms with Gasteiger partial charge in [0.05, 0.1) is 24.1 Å². The van der Waals surface area contributed by atoms with Crippen molar-refractivity contribution in [1.82, 2.24) is 4.90 Å². The predicted octanol–water partition coefficient (Wildman–Crippen LogP) is 8.94. The van der Waals surface area contributed by atoms with Crippen LogP contribution in [0.4, 0.5) is 4.79 Å². The fourth-order valence-electron chi connectivity index (χ4n) is 8.46. The van der Waals surface area contributed by atoms with E-state index in [2.05, 4.69) is 18.7 Å². The second-order valence-corrected chi connectivity index (χ2v) is 15.2. The minimum absolute atomic E-state index is 0.0693. The van der Waals surface area contributed by atoms with E-state index in [-0.39, 0.29) is 50.1 Å². The van der Waals surface area contributed by atoms with Crippen molar-refractivity contribution in [2.45, 2.75) is 87.9 Å². The van der Waals surface area contributed by atoms with Crippen LogP contribution in [-0.2, 0) is 14.3 Å². The summed E-state index contributed by atoms with van der Waals surface area (Å²) in [6.45, 7) is 9.18. The van der Waals surface area contributed by atoms with E-state index in [0.717, 1.165) is 53.2 Å². The third kappa shape index (κ3) is 9.41. The van der Waals surface area contributed by atoms with Crippen molar-refractivity contribution in [3.8, 4) is 17.2 Å². The summed E-state index contributed by atoms with van der Waals surface area (Å²) in [5, 5.41) is 24.4. The average molecular weight is 785 g/mol. The molecule has 0 aromatic heterocycles. The number of amides is 1. The third-order valence-electron chi connectivity index (χ3n) is 10.6. The molecule has 0 bridgehead atoms. The molecule has 0 radical (unpaired) electrons. The summed E-state index contributed by atoms with van der Waals surface area (Å²) < 4.78 is 26.4. The molecule has 6 atom stereocenters. The molecule has 5 rings (SSSR count). The molecule has 1 fully saturated rings. The first kappa shape index (κ1) is 41.9. The number of hydrogen-bond acceptors (Lipinski definition) is 10. The fraction of sp³-hybridized carbons (Fsp3) is 0.571. The zero-order chi connectivity index (χ0) is 38.5. The summed E-state index contributed by atoms with van der Waals surface area (Å²) in [5.41, 5.74) is 2.72. The maximum absolute atomic E-state index is 14.0. The van der Waals surface area contributed by atoms with Crippen LogP contribution in [0.2, 0.25) is 0 Å². The quantitative estimate of drug-likeness (QED) is 0.0421. The van der Waals surface area contributed by atoms with Crippen LogP contribution in [0.15, 0.2) is 76.8 Å². The van der Waals surface area contributed by atoms with Crippen molar-refractivity contribution < 1.29 is 38.8 Å².